The van der Waals surface area contributed by atoms with Crippen LogP contribution in [-0.2, 0) is 6.18 Å². The summed E-state index contributed by atoms with van der Waals surface area (Å²) in [5.74, 6) is -0.214. The Balaban J connectivity index is 2.47. The predicted molar refractivity (Wildman–Crippen MR) is 67.7 cm³/mol. The van der Waals surface area contributed by atoms with Crippen LogP contribution in [0.25, 0.3) is 0 Å². The molecule has 2 rings (SSSR count). The highest BCUT2D eigenvalue weighted by atomic mass is 35.5. The minimum atomic E-state index is -4.67. The predicted octanol–water partition coefficient (Wildman–Crippen LogP) is 5.02. The molecule has 2 aromatic rings. The second-order valence-electron chi connectivity index (χ2n) is 3.84. The van der Waals surface area contributed by atoms with E-state index in [-0.39, 0.29) is 5.75 Å². The molecule has 6 heteroatoms. The summed E-state index contributed by atoms with van der Waals surface area (Å²) in [5.41, 5.74) is -1.57. The monoisotopic (exact) mass is 297 g/mol. The quantitative estimate of drug-likeness (QED) is 0.779. The van der Waals surface area contributed by atoms with Crippen LogP contribution in [0.5, 0.6) is 11.5 Å². The van der Waals surface area contributed by atoms with E-state index in [4.69, 9.17) is 21.6 Å². The zero-order valence-corrected chi connectivity index (χ0v) is 10.7. The Morgan fingerprint density at radius 3 is 2.25 bits per heavy atom. The molecule has 0 spiro atoms. The van der Waals surface area contributed by atoms with Crippen LogP contribution in [0.4, 0.5) is 13.2 Å². The third kappa shape index (κ3) is 3.03. The molecule has 0 saturated heterocycles. The van der Waals surface area contributed by atoms with Crippen LogP contribution in [0.1, 0.15) is 11.1 Å². The maximum atomic E-state index is 13.0. The molecule has 0 bridgehead atoms. The number of alkyl halides is 3. The molecule has 0 fully saturated rings. The first-order valence-electron chi connectivity index (χ1n) is 5.45. The van der Waals surface area contributed by atoms with Crippen LogP contribution < -0.4 is 4.74 Å². The molecule has 0 unspecified atom stereocenters. The lowest BCUT2D eigenvalue weighted by Crippen LogP contribution is -2.09. The topological polar surface area (TPSA) is 33.0 Å². The fourth-order valence-electron chi connectivity index (χ4n) is 1.63. The molecule has 2 nitrogen and oxygen atoms in total. The number of benzene rings is 2. The van der Waals surface area contributed by atoms with Gasteiger partial charge in [-0.2, -0.15) is 18.4 Å². The summed E-state index contributed by atoms with van der Waals surface area (Å²) in [4.78, 5) is 0. The van der Waals surface area contributed by atoms with Gasteiger partial charge in [-0.25, -0.2) is 0 Å². The van der Waals surface area contributed by atoms with E-state index in [0.717, 1.165) is 12.1 Å². The lowest BCUT2D eigenvalue weighted by Gasteiger charge is -2.14. The number of hydrogen-bond donors (Lipinski definition) is 0. The van der Waals surface area contributed by atoms with Gasteiger partial charge in [0.2, 0.25) is 0 Å². The first-order chi connectivity index (χ1) is 9.41. The van der Waals surface area contributed by atoms with Crippen molar-refractivity contribution in [2.45, 2.75) is 6.18 Å². The molecule has 0 radical (unpaired) electrons. The van der Waals surface area contributed by atoms with E-state index in [0.29, 0.717) is 5.02 Å². The van der Waals surface area contributed by atoms with Gasteiger partial charge in [0.25, 0.3) is 0 Å². The third-order valence-electron chi connectivity index (χ3n) is 2.47. The average molecular weight is 298 g/mol. The fraction of sp³-hybridized carbons (Fsp3) is 0.0714. The maximum absolute atomic E-state index is 13.0. The van der Waals surface area contributed by atoms with Gasteiger partial charge in [0.15, 0.2) is 0 Å². The van der Waals surface area contributed by atoms with Gasteiger partial charge < -0.3 is 4.74 Å². The summed E-state index contributed by atoms with van der Waals surface area (Å²) >= 11 is 5.69. The second kappa shape index (κ2) is 5.43. The number of nitrogens with zero attached hydrogens (tertiary/aromatic N) is 1. The Morgan fingerprint density at radius 2 is 1.70 bits per heavy atom. The van der Waals surface area contributed by atoms with Crippen LogP contribution in [-0.4, -0.2) is 0 Å². The van der Waals surface area contributed by atoms with Gasteiger partial charge in [0, 0.05) is 5.02 Å². The van der Waals surface area contributed by atoms with Crippen molar-refractivity contribution in [3.8, 4) is 17.6 Å². The number of ether oxygens (including phenoxy) is 1. The summed E-state index contributed by atoms with van der Waals surface area (Å²) in [6.07, 6.45) is -4.67. The summed E-state index contributed by atoms with van der Waals surface area (Å²) in [6, 6.07) is 11.0. The third-order valence-corrected chi connectivity index (χ3v) is 2.72. The molecule has 0 aliphatic carbocycles. The van der Waals surface area contributed by atoms with Gasteiger partial charge in [-0.05, 0) is 36.4 Å². The SMILES string of the molecule is N#Cc1cccc(Oc2ccc(Cl)cc2)c1C(F)(F)F. The summed E-state index contributed by atoms with van der Waals surface area (Å²) in [5, 5.41) is 9.23. The summed E-state index contributed by atoms with van der Waals surface area (Å²) in [6.45, 7) is 0. The van der Waals surface area contributed by atoms with Gasteiger partial charge in [0.1, 0.15) is 17.1 Å². The van der Waals surface area contributed by atoms with Crippen molar-refractivity contribution in [3.63, 3.8) is 0 Å². The lowest BCUT2D eigenvalue weighted by molar-refractivity contribution is -0.138. The van der Waals surface area contributed by atoms with Crippen LogP contribution >= 0.6 is 11.6 Å². The number of nitriles is 1. The first kappa shape index (κ1) is 14.2. The van der Waals surface area contributed by atoms with Crippen molar-refractivity contribution in [3.05, 3.63) is 58.6 Å². The fourth-order valence-corrected chi connectivity index (χ4v) is 1.76. The largest absolute Gasteiger partial charge is 0.457 e. The summed E-state index contributed by atoms with van der Waals surface area (Å²) in [7, 11) is 0. The first-order valence-corrected chi connectivity index (χ1v) is 5.83. The average Bonchev–Trinajstić information content (AvgIpc) is 2.40. The number of rotatable bonds is 2. The molecule has 102 valence electrons. The van der Waals surface area contributed by atoms with Gasteiger partial charge >= 0.3 is 6.18 Å². The Kier molecular flexibility index (Phi) is 3.86. The Bertz CT molecular complexity index is 660. The van der Waals surface area contributed by atoms with Crippen molar-refractivity contribution in [2.75, 3.05) is 0 Å². The van der Waals surface area contributed by atoms with E-state index in [1.54, 1.807) is 0 Å². The van der Waals surface area contributed by atoms with Crippen LogP contribution in [0.3, 0.4) is 0 Å². The van der Waals surface area contributed by atoms with Crippen LogP contribution in [0, 0.1) is 11.3 Å². The smallest absolute Gasteiger partial charge is 0.421 e. The van der Waals surface area contributed by atoms with E-state index >= 15 is 0 Å². The molecule has 0 saturated carbocycles. The van der Waals surface area contributed by atoms with Crippen LogP contribution in [0.2, 0.25) is 5.02 Å². The Morgan fingerprint density at radius 1 is 1.05 bits per heavy atom. The van der Waals surface area contributed by atoms with Gasteiger partial charge in [-0.1, -0.05) is 17.7 Å². The molecule has 20 heavy (non-hydrogen) atoms. The van der Waals surface area contributed by atoms with Crippen molar-refractivity contribution >= 4 is 11.6 Å². The van der Waals surface area contributed by atoms with Crippen molar-refractivity contribution in [2.24, 2.45) is 0 Å². The Labute approximate surface area is 118 Å². The zero-order valence-electron chi connectivity index (χ0n) is 9.91. The highest BCUT2D eigenvalue weighted by Gasteiger charge is 2.37. The second-order valence-corrected chi connectivity index (χ2v) is 4.28. The molecule has 0 aliphatic rings. The number of hydrogen-bond acceptors (Lipinski definition) is 2. The van der Waals surface area contributed by atoms with Crippen molar-refractivity contribution in [1.29, 1.82) is 5.26 Å². The molecule has 0 atom stereocenters. The van der Waals surface area contributed by atoms with E-state index in [9.17, 15) is 13.2 Å². The van der Waals surface area contributed by atoms with Gasteiger partial charge in [-0.15, -0.1) is 0 Å². The Hall–Kier alpha value is -2.19. The van der Waals surface area contributed by atoms with E-state index in [2.05, 4.69) is 0 Å². The minimum absolute atomic E-state index is 0.204. The van der Waals surface area contributed by atoms with Crippen molar-refractivity contribution < 1.29 is 17.9 Å². The van der Waals surface area contributed by atoms with E-state index < -0.39 is 23.1 Å². The zero-order chi connectivity index (χ0) is 14.8. The van der Waals surface area contributed by atoms with Crippen molar-refractivity contribution in [1.82, 2.24) is 0 Å². The molecule has 0 N–H and O–H groups in total. The molecule has 0 aliphatic heterocycles. The molecular weight excluding hydrogens is 291 g/mol. The maximum Gasteiger partial charge on any atom is 0.421 e. The molecule has 2 aromatic carbocycles. The minimum Gasteiger partial charge on any atom is -0.457 e. The molecule has 0 aromatic heterocycles. The van der Waals surface area contributed by atoms with Gasteiger partial charge in [0.05, 0.1) is 11.6 Å². The molecule has 0 amide bonds. The van der Waals surface area contributed by atoms with Crippen LogP contribution in [0.15, 0.2) is 42.5 Å². The lowest BCUT2D eigenvalue weighted by atomic mass is 10.1. The molecule has 0 heterocycles. The van der Waals surface area contributed by atoms with E-state index in [1.165, 1.54) is 36.4 Å². The highest BCUT2D eigenvalue weighted by molar-refractivity contribution is 6.30. The highest BCUT2D eigenvalue weighted by Crippen LogP contribution is 2.40. The van der Waals surface area contributed by atoms with E-state index in [1.807, 2.05) is 0 Å². The number of halogens is 4. The molecular formula is C14H7ClF3NO. The van der Waals surface area contributed by atoms with Gasteiger partial charge in [-0.3, -0.25) is 0 Å². The normalized spacial score (nSPS) is 10.9. The standard InChI is InChI=1S/C14H7ClF3NO/c15-10-4-6-11(7-5-10)20-12-3-1-2-9(8-19)13(12)14(16,17)18/h1-7H. The summed E-state index contributed by atoms with van der Waals surface area (Å²) < 4.78 is 44.2.